The number of hydrogen-bond donors (Lipinski definition) is 1. The average Bonchev–Trinajstić information content (AvgIpc) is 2.95. The summed E-state index contributed by atoms with van der Waals surface area (Å²) < 4.78 is 5.60. The fourth-order valence-electron chi connectivity index (χ4n) is 2.52. The zero-order valence-corrected chi connectivity index (χ0v) is 16.6. The zero-order chi connectivity index (χ0) is 19.2. The topological polar surface area (TPSA) is 63.1 Å². The lowest BCUT2D eigenvalue weighted by Crippen LogP contribution is -2.25. The first-order chi connectivity index (χ1) is 13.0. The number of carbonyl (C=O) groups excluding carboxylic acids is 1. The Labute approximate surface area is 167 Å². The van der Waals surface area contributed by atoms with Gasteiger partial charge in [-0.3, -0.25) is 4.79 Å². The summed E-state index contributed by atoms with van der Waals surface area (Å²) >= 11 is 7.37. The van der Waals surface area contributed by atoms with Gasteiger partial charge in [0.15, 0.2) is 5.17 Å². The van der Waals surface area contributed by atoms with Crippen molar-refractivity contribution in [2.75, 3.05) is 0 Å². The van der Waals surface area contributed by atoms with Crippen molar-refractivity contribution in [2.24, 2.45) is 10.2 Å². The number of thioether (sulfide) groups is 1. The molecule has 27 heavy (non-hydrogen) atoms. The van der Waals surface area contributed by atoms with E-state index < -0.39 is 0 Å². The molecule has 2 aromatic rings. The molecule has 3 rings (SSSR count). The van der Waals surface area contributed by atoms with Gasteiger partial charge in [0.25, 0.3) is 0 Å². The van der Waals surface area contributed by atoms with Gasteiger partial charge >= 0.3 is 0 Å². The second kappa shape index (κ2) is 9.06. The maximum Gasteiger partial charge on any atom is 0.239 e. The molecule has 7 heteroatoms. The molecule has 1 saturated heterocycles. The zero-order valence-electron chi connectivity index (χ0n) is 15.1. The van der Waals surface area contributed by atoms with Gasteiger partial charge in [0.05, 0.1) is 17.6 Å². The van der Waals surface area contributed by atoms with Crippen LogP contribution in [-0.2, 0) is 11.2 Å². The highest BCUT2D eigenvalue weighted by molar-refractivity contribution is 8.15. The fraction of sp³-hybridized carbons (Fsp3) is 0.250. The van der Waals surface area contributed by atoms with Crippen LogP contribution in [0, 0.1) is 0 Å². The molecule has 2 aromatic carbocycles. The number of hydrogen-bond acceptors (Lipinski definition) is 5. The van der Waals surface area contributed by atoms with Crippen molar-refractivity contribution in [1.29, 1.82) is 0 Å². The van der Waals surface area contributed by atoms with Gasteiger partial charge in [-0.1, -0.05) is 35.5 Å². The van der Waals surface area contributed by atoms with Gasteiger partial charge < -0.3 is 10.1 Å². The molecular formula is C20H20ClN3O2S. The maximum atomic E-state index is 12.1. The number of amidine groups is 1. The highest BCUT2D eigenvalue weighted by Crippen LogP contribution is 2.24. The lowest BCUT2D eigenvalue weighted by molar-refractivity contribution is -0.118. The largest absolute Gasteiger partial charge is 0.491 e. The lowest BCUT2D eigenvalue weighted by atomic mass is 10.1. The van der Waals surface area contributed by atoms with Crippen LogP contribution >= 0.6 is 23.4 Å². The van der Waals surface area contributed by atoms with Crippen LogP contribution < -0.4 is 10.1 Å². The summed E-state index contributed by atoms with van der Waals surface area (Å²) in [5, 5.41) is 11.9. The standard InChI is InChI=1S/C20H20ClN3O2S/c1-13(2)26-17-8-6-14(7-9-17)12-22-24-20-23-19(25)18(27-20)11-15-4-3-5-16(21)10-15/h3-10,12-13,18H,11H2,1-2H3,(H,23,24,25). The molecule has 1 aliphatic rings. The molecule has 1 unspecified atom stereocenters. The van der Waals surface area contributed by atoms with Crippen LogP contribution in [0.15, 0.2) is 58.7 Å². The third kappa shape index (κ3) is 5.84. The van der Waals surface area contributed by atoms with Crippen LogP contribution in [0.4, 0.5) is 0 Å². The average molecular weight is 402 g/mol. The number of ether oxygens (including phenoxy) is 1. The molecule has 1 N–H and O–H groups in total. The van der Waals surface area contributed by atoms with E-state index in [4.69, 9.17) is 16.3 Å². The summed E-state index contributed by atoms with van der Waals surface area (Å²) in [6.45, 7) is 3.97. The van der Waals surface area contributed by atoms with Crippen LogP contribution in [-0.4, -0.2) is 28.6 Å². The molecule has 0 bridgehead atoms. The van der Waals surface area contributed by atoms with Crippen LogP contribution in [0.1, 0.15) is 25.0 Å². The van der Waals surface area contributed by atoms with Gasteiger partial charge in [-0.2, -0.15) is 5.10 Å². The molecule has 1 fully saturated rings. The lowest BCUT2D eigenvalue weighted by Gasteiger charge is -2.08. The van der Waals surface area contributed by atoms with E-state index in [1.807, 2.05) is 62.4 Å². The summed E-state index contributed by atoms with van der Waals surface area (Å²) in [5.74, 6) is 0.750. The summed E-state index contributed by atoms with van der Waals surface area (Å²) in [5.41, 5.74) is 1.92. The van der Waals surface area contributed by atoms with Gasteiger partial charge in [0, 0.05) is 5.02 Å². The minimum Gasteiger partial charge on any atom is -0.491 e. The Bertz CT molecular complexity index is 866. The van der Waals surface area contributed by atoms with E-state index in [-0.39, 0.29) is 17.3 Å². The summed E-state index contributed by atoms with van der Waals surface area (Å²) in [4.78, 5) is 12.1. The van der Waals surface area contributed by atoms with Crippen molar-refractivity contribution in [3.05, 3.63) is 64.7 Å². The summed E-state index contributed by atoms with van der Waals surface area (Å²) in [6, 6.07) is 15.1. The first-order valence-corrected chi connectivity index (χ1v) is 9.85. The maximum absolute atomic E-state index is 12.1. The van der Waals surface area contributed by atoms with Crippen molar-refractivity contribution >= 4 is 40.7 Å². The second-order valence-electron chi connectivity index (χ2n) is 6.32. The Morgan fingerprint density at radius 3 is 2.74 bits per heavy atom. The number of carbonyl (C=O) groups is 1. The van der Waals surface area contributed by atoms with Gasteiger partial charge in [-0.05, 0) is 67.8 Å². The second-order valence-corrected chi connectivity index (χ2v) is 7.94. The molecule has 0 aromatic heterocycles. The summed E-state index contributed by atoms with van der Waals surface area (Å²) in [7, 11) is 0. The van der Waals surface area contributed by atoms with E-state index in [2.05, 4.69) is 15.5 Å². The van der Waals surface area contributed by atoms with Crippen LogP contribution in [0.3, 0.4) is 0 Å². The van der Waals surface area contributed by atoms with E-state index in [1.54, 1.807) is 6.21 Å². The minimum absolute atomic E-state index is 0.0656. The van der Waals surface area contributed by atoms with E-state index in [9.17, 15) is 4.79 Å². The molecule has 0 saturated carbocycles. The van der Waals surface area contributed by atoms with Crippen molar-refractivity contribution in [2.45, 2.75) is 31.6 Å². The van der Waals surface area contributed by atoms with Gasteiger partial charge in [0.1, 0.15) is 5.75 Å². The number of nitrogens with one attached hydrogen (secondary N) is 1. The Balaban J connectivity index is 1.58. The first-order valence-electron chi connectivity index (χ1n) is 8.59. The molecule has 0 aliphatic carbocycles. The molecule has 0 radical (unpaired) electrons. The smallest absolute Gasteiger partial charge is 0.239 e. The van der Waals surface area contributed by atoms with Crippen molar-refractivity contribution in [1.82, 2.24) is 5.32 Å². The molecular weight excluding hydrogens is 382 g/mol. The Morgan fingerprint density at radius 1 is 1.26 bits per heavy atom. The SMILES string of the molecule is CC(C)Oc1ccc(C=N/N=C2\NC(=O)C(Cc3cccc(Cl)c3)S2)cc1. The number of amides is 1. The van der Waals surface area contributed by atoms with E-state index in [0.717, 1.165) is 16.9 Å². The molecule has 1 heterocycles. The Morgan fingerprint density at radius 2 is 2.04 bits per heavy atom. The third-order valence-electron chi connectivity index (χ3n) is 3.69. The van der Waals surface area contributed by atoms with Gasteiger partial charge in [0.2, 0.25) is 5.91 Å². The third-order valence-corrected chi connectivity index (χ3v) is 5.00. The molecule has 0 spiro atoms. The van der Waals surface area contributed by atoms with Crippen molar-refractivity contribution in [3.8, 4) is 5.75 Å². The number of rotatable bonds is 6. The highest BCUT2D eigenvalue weighted by atomic mass is 35.5. The van der Waals surface area contributed by atoms with Crippen molar-refractivity contribution in [3.63, 3.8) is 0 Å². The highest BCUT2D eigenvalue weighted by Gasteiger charge is 2.30. The molecule has 1 amide bonds. The fourth-order valence-corrected chi connectivity index (χ4v) is 3.70. The quantitative estimate of drug-likeness (QED) is 0.580. The first kappa shape index (κ1) is 19.5. The number of halogens is 1. The predicted molar refractivity (Wildman–Crippen MR) is 112 cm³/mol. The van der Waals surface area contributed by atoms with Gasteiger partial charge in [-0.25, -0.2) is 0 Å². The minimum atomic E-state index is -0.232. The van der Waals surface area contributed by atoms with Crippen LogP contribution in [0.2, 0.25) is 5.02 Å². The van der Waals surface area contributed by atoms with Crippen molar-refractivity contribution < 1.29 is 9.53 Å². The molecule has 140 valence electrons. The van der Waals surface area contributed by atoms with E-state index in [1.165, 1.54) is 11.8 Å². The van der Waals surface area contributed by atoms with E-state index >= 15 is 0 Å². The van der Waals surface area contributed by atoms with Gasteiger partial charge in [-0.15, -0.1) is 5.10 Å². The molecule has 1 atom stereocenters. The number of nitrogens with zero attached hydrogens (tertiary/aromatic N) is 2. The molecule has 1 aliphatic heterocycles. The number of benzene rings is 2. The predicted octanol–water partition coefficient (Wildman–Crippen LogP) is 4.29. The van der Waals surface area contributed by atoms with Crippen LogP contribution in [0.5, 0.6) is 5.75 Å². The Hall–Kier alpha value is -2.31. The normalized spacial score (nSPS) is 18.4. The molecule has 5 nitrogen and oxygen atoms in total. The monoisotopic (exact) mass is 401 g/mol. The van der Waals surface area contributed by atoms with E-state index in [0.29, 0.717) is 16.6 Å². The summed E-state index contributed by atoms with van der Waals surface area (Å²) in [6.07, 6.45) is 2.37. The van der Waals surface area contributed by atoms with Crippen LogP contribution in [0.25, 0.3) is 0 Å². The Kier molecular flexibility index (Phi) is 6.53.